The number of rotatable bonds is 3. The van der Waals surface area contributed by atoms with E-state index in [2.05, 4.69) is 0 Å². The van der Waals surface area contributed by atoms with Crippen LogP contribution in [-0.2, 0) is 0 Å². The summed E-state index contributed by atoms with van der Waals surface area (Å²) in [7, 11) is 0. The van der Waals surface area contributed by atoms with E-state index in [1.807, 2.05) is 30.3 Å². The summed E-state index contributed by atoms with van der Waals surface area (Å²) in [6.45, 7) is 1.56. The van der Waals surface area contributed by atoms with Crippen LogP contribution in [0, 0.1) is 0 Å². The second-order valence-corrected chi connectivity index (χ2v) is 3.00. The topological polar surface area (TPSA) is 40.5 Å². The number of benzene rings is 1. The van der Waals surface area contributed by atoms with E-state index in [-0.39, 0.29) is 0 Å². The molecule has 0 heterocycles. The maximum Gasteiger partial charge on any atom is 0.0980 e. The van der Waals surface area contributed by atoms with E-state index in [1.54, 1.807) is 19.1 Å². The number of hydrogen-bond donors (Lipinski definition) is 2. The summed E-state index contributed by atoms with van der Waals surface area (Å²) in [4.78, 5) is 0. The Kier molecular flexibility index (Phi) is 3.68. The van der Waals surface area contributed by atoms with E-state index in [0.717, 1.165) is 5.56 Å². The maximum absolute atomic E-state index is 9.25. The molecule has 0 saturated carbocycles. The van der Waals surface area contributed by atoms with E-state index in [0.29, 0.717) is 0 Å². The van der Waals surface area contributed by atoms with Gasteiger partial charge in [0.05, 0.1) is 12.2 Å². The van der Waals surface area contributed by atoms with Crippen LogP contribution >= 0.6 is 0 Å². The van der Waals surface area contributed by atoms with Crippen LogP contribution in [0.4, 0.5) is 0 Å². The van der Waals surface area contributed by atoms with Crippen molar-refractivity contribution in [3.8, 4) is 0 Å². The zero-order valence-corrected chi connectivity index (χ0v) is 7.59. The smallest absolute Gasteiger partial charge is 0.0980 e. The highest BCUT2D eigenvalue weighted by molar-refractivity contribution is 5.49. The first-order chi connectivity index (χ1) is 6.20. The first-order valence-electron chi connectivity index (χ1n) is 4.29. The normalized spacial score (nSPS) is 15.9. The molecule has 0 aromatic heterocycles. The predicted octanol–water partition coefficient (Wildman–Crippen LogP) is 1.44. The summed E-state index contributed by atoms with van der Waals surface area (Å²) in [6, 6.07) is 9.65. The highest BCUT2D eigenvalue weighted by Crippen LogP contribution is 2.03. The lowest BCUT2D eigenvalue weighted by atomic mass is 10.1. The molecule has 0 fully saturated rings. The van der Waals surface area contributed by atoms with Crippen molar-refractivity contribution in [1.29, 1.82) is 0 Å². The lowest BCUT2D eigenvalue weighted by Gasteiger charge is -2.07. The van der Waals surface area contributed by atoms with Gasteiger partial charge in [-0.2, -0.15) is 0 Å². The van der Waals surface area contributed by atoms with E-state index >= 15 is 0 Å². The Morgan fingerprint density at radius 2 is 1.77 bits per heavy atom. The fourth-order valence-corrected chi connectivity index (χ4v) is 0.935. The van der Waals surface area contributed by atoms with Crippen molar-refractivity contribution in [3.63, 3.8) is 0 Å². The predicted molar refractivity (Wildman–Crippen MR) is 53.2 cm³/mol. The van der Waals surface area contributed by atoms with Gasteiger partial charge in [-0.25, -0.2) is 0 Å². The fourth-order valence-electron chi connectivity index (χ4n) is 0.935. The van der Waals surface area contributed by atoms with Gasteiger partial charge in [-0.1, -0.05) is 42.5 Å². The minimum absolute atomic E-state index is 0.722. The second kappa shape index (κ2) is 4.80. The molecule has 2 N–H and O–H groups in total. The van der Waals surface area contributed by atoms with E-state index in [4.69, 9.17) is 5.11 Å². The van der Waals surface area contributed by atoms with Crippen LogP contribution in [-0.4, -0.2) is 22.4 Å². The Bertz CT molecular complexity index is 265. The van der Waals surface area contributed by atoms with Crippen molar-refractivity contribution < 1.29 is 10.2 Å². The van der Waals surface area contributed by atoms with Crippen molar-refractivity contribution in [3.05, 3.63) is 42.0 Å². The molecular weight excluding hydrogens is 164 g/mol. The van der Waals surface area contributed by atoms with Crippen LogP contribution in [0.5, 0.6) is 0 Å². The Hall–Kier alpha value is -1.12. The van der Waals surface area contributed by atoms with Crippen LogP contribution in [0.2, 0.25) is 0 Å². The van der Waals surface area contributed by atoms with Gasteiger partial charge in [0.25, 0.3) is 0 Å². The molecule has 70 valence electrons. The third kappa shape index (κ3) is 3.40. The summed E-state index contributed by atoms with van der Waals surface area (Å²) in [6.07, 6.45) is 1.86. The number of aliphatic hydroxyl groups excluding tert-OH is 2. The van der Waals surface area contributed by atoms with Crippen molar-refractivity contribution in [2.75, 3.05) is 0 Å². The van der Waals surface area contributed by atoms with Gasteiger partial charge in [-0.15, -0.1) is 0 Å². The first-order valence-corrected chi connectivity index (χ1v) is 4.29. The van der Waals surface area contributed by atoms with Gasteiger partial charge in [-0.3, -0.25) is 0 Å². The summed E-state index contributed by atoms with van der Waals surface area (Å²) in [5.41, 5.74) is 1.02. The average Bonchev–Trinajstić information content (AvgIpc) is 2.15. The zero-order valence-electron chi connectivity index (χ0n) is 7.59. The summed E-state index contributed by atoms with van der Waals surface area (Å²) in [5.74, 6) is 0. The molecular formula is C11H14O2. The van der Waals surface area contributed by atoms with Gasteiger partial charge in [-0.05, 0) is 12.5 Å². The quantitative estimate of drug-likeness (QED) is 0.735. The van der Waals surface area contributed by atoms with E-state index < -0.39 is 12.2 Å². The Morgan fingerprint density at radius 1 is 1.15 bits per heavy atom. The molecule has 1 aromatic carbocycles. The van der Waals surface area contributed by atoms with Crippen LogP contribution in [0.15, 0.2) is 36.4 Å². The molecule has 0 aliphatic carbocycles. The SMILES string of the molecule is C[C@H](O)[C@@H](O)/C=C/c1ccccc1. The van der Waals surface area contributed by atoms with Crippen molar-refractivity contribution >= 4 is 6.08 Å². The molecule has 0 radical (unpaired) electrons. The van der Waals surface area contributed by atoms with Crippen LogP contribution in [0.25, 0.3) is 6.08 Å². The van der Waals surface area contributed by atoms with Crippen molar-refractivity contribution in [2.45, 2.75) is 19.1 Å². The van der Waals surface area contributed by atoms with Gasteiger partial charge >= 0.3 is 0 Å². The van der Waals surface area contributed by atoms with Crippen LogP contribution in [0.1, 0.15) is 12.5 Å². The third-order valence-electron chi connectivity index (χ3n) is 1.78. The minimum Gasteiger partial charge on any atom is -0.390 e. The molecule has 0 aliphatic heterocycles. The molecule has 0 amide bonds. The fraction of sp³-hybridized carbons (Fsp3) is 0.273. The summed E-state index contributed by atoms with van der Waals surface area (Å²) < 4.78 is 0. The average molecular weight is 178 g/mol. The molecule has 0 aliphatic rings. The van der Waals surface area contributed by atoms with Gasteiger partial charge < -0.3 is 10.2 Å². The van der Waals surface area contributed by atoms with Crippen molar-refractivity contribution in [2.24, 2.45) is 0 Å². The molecule has 0 bridgehead atoms. The molecule has 13 heavy (non-hydrogen) atoms. The molecule has 2 heteroatoms. The van der Waals surface area contributed by atoms with Gasteiger partial charge in [0.15, 0.2) is 0 Å². The van der Waals surface area contributed by atoms with Crippen LogP contribution < -0.4 is 0 Å². The number of aliphatic hydroxyl groups is 2. The molecule has 0 unspecified atom stereocenters. The van der Waals surface area contributed by atoms with Gasteiger partial charge in [0.1, 0.15) is 0 Å². The Balaban J connectivity index is 2.59. The molecule has 2 nitrogen and oxygen atoms in total. The largest absolute Gasteiger partial charge is 0.390 e. The molecule has 2 atom stereocenters. The molecule has 1 rings (SSSR count). The standard InChI is InChI=1S/C11H14O2/c1-9(12)11(13)8-7-10-5-3-2-4-6-10/h2-9,11-13H,1H3/b8-7+/t9-,11-/m0/s1. The highest BCUT2D eigenvalue weighted by Gasteiger charge is 2.04. The van der Waals surface area contributed by atoms with Gasteiger partial charge in [0.2, 0.25) is 0 Å². The molecule has 0 spiro atoms. The van der Waals surface area contributed by atoms with Gasteiger partial charge in [0, 0.05) is 0 Å². The first kappa shape index (κ1) is 9.96. The molecule has 0 saturated heterocycles. The second-order valence-electron chi connectivity index (χ2n) is 3.00. The van der Waals surface area contributed by atoms with Crippen LogP contribution in [0.3, 0.4) is 0 Å². The lowest BCUT2D eigenvalue weighted by Crippen LogP contribution is -2.19. The van der Waals surface area contributed by atoms with E-state index in [1.165, 1.54) is 0 Å². The Morgan fingerprint density at radius 3 is 2.31 bits per heavy atom. The minimum atomic E-state index is -0.791. The number of hydrogen-bond acceptors (Lipinski definition) is 2. The summed E-state index contributed by atoms with van der Waals surface area (Å²) >= 11 is 0. The molecule has 1 aromatic rings. The van der Waals surface area contributed by atoms with Crippen molar-refractivity contribution in [1.82, 2.24) is 0 Å². The Labute approximate surface area is 78.2 Å². The highest BCUT2D eigenvalue weighted by atomic mass is 16.3. The lowest BCUT2D eigenvalue weighted by molar-refractivity contribution is 0.0624. The van der Waals surface area contributed by atoms with E-state index in [9.17, 15) is 5.11 Å². The monoisotopic (exact) mass is 178 g/mol. The third-order valence-corrected chi connectivity index (χ3v) is 1.78. The summed E-state index contributed by atoms with van der Waals surface area (Å²) in [5, 5.41) is 18.2. The zero-order chi connectivity index (χ0) is 9.68. The maximum atomic E-state index is 9.25.